The monoisotopic (exact) mass is 316 g/mol. The quantitative estimate of drug-likeness (QED) is 0.410. The summed E-state index contributed by atoms with van der Waals surface area (Å²) in [5.41, 5.74) is 0. The van der Waals surface area contributed by atoms with Crippen molar-refractivity contribution in [2.75, 3.05) is 5.33 Å². The van der Waals surface area contributed by atoms with Crippen LogP contribution in [0.15, 0.2) is 0 Å². The molecule has 0 bridgehead atoms. The van der Waals surface area contributed by atoms with Crippen LogP contribution < -0.4 is 0 Å². The summed E-state index contributed by atoms with van der Waals surface area (Å²) in [4.78, 5) is -0.163. The van der Waals surface area contributed by atoms with Gasteiger partial charge in [0.25, 0.3) is 0 Å². The van der Waals surface area contributed by atoms with E-state index in [-0.39, 0.29) is 4.83 Å². The summed E-state index contributed by atoms with van der Waals surface area (Å²) in [6, 6.07) is 0. The summed E-state index contributed by atoms with van der Waals surface area (Å²) in [6.07, 6.45) is 5.61. The van der Waals surface area contributed by atoms with Crippen molar-refractivity contribution < 1.29 is 10.2 Å². The molecule has 0 amide bonds. The van der Waals surface area contributed by atoms with Gasteiger partial charge in [-0.1, -0.05) is 57.5 Å². The number of rotatable bonds is 8. The first kappa shape index (κ1) is 13.9. The highest BCUT2D eigenvalue weighted by atomic mass is 79.9. The molecule has 2 nitrogen and oxygen atoms in total. The maximum atomic E-state index is 8.76. The fraction of sp³-hybridized carbons (Fsp3) is 1.00. The van der Waals surface area contributed by atoms with E-state index in [2.05, 4.69) is 31.9 Å². The van der Waals surface area contributed by atoms with Crippen molar-refractivity contribution in [3.63, 3.8) is 0 Å². The standard InChI is InChI=1S/C9H18Br2O2/c10-7-5-3-1-2-4-6-8(11)9(12)13/h8-9,12-13H,1-7H2. The number of hydrogen-bond acceptors (Lipinski definition) is 2. The molecule has 0 aromatic heterocycles. The Balaban J connectivity index is 3.07. The molecular weight excluding hydrogens is 300 g/mol. The van der Waals surface area contributed by atoms with Gasteiger partial charge in [-0.2, -0.15) is 0 Å². The first-order valence-corrected chi connectivity index (χ1v) is 6.78. The number of aliphatic hydroxyl groups excluding tert-OH is 1. The Bertz CT molecular complexity index is 110. The summed E-state index contributed by atoms with van der Waals surface area (Å²) >= 11 is 6.60. The number of aliphatic hydroxyl groups is 2. The van der Waals surface area contributed by atoms with E-state index in [9.17, 15) is 0 Å². The largest absolute Gasteiger partial charge is 0.367 e. The van der Waals surface area contributed by atoms with Crippen LogP contribution in [0.3, 0.4) is 0 Å². The molecule has 0 saturated heterocycles. The third-order valence-corrected chi connectivity index (χ3v) is 3.43. The average molecular weight is 318 g/mol. The van der Waals surface area contributed by atoms with Crippen LogP contribution in [0.2, 0.25) is 0 Å². The minimum atomic E-state index is -1.22. The van der Waals surface area contributed by atoms with Crippen LogP contribution in [0.5, 0.6) is 0 Å². The number of alkyl halides is 2. The molecule has 0 aromatic rings. The summed E-state index contributed by atoms with van der Waals surface area (Å²) in [5, 5.41) is 18.6. The van der Waals surface area contributed by atoms with Crippen LogP contribution >= 0.6 is 31.9 Å². The lowest BCUT2D eigenvalue weighted by molar-refractivity contribution is -0.0400. The van der Waals surface area contributed by atoms with Gasteiger partial charge in [0.15, 0.2) is 6.29 Å². The molecule has 0 spiro atoms. The summed E-state index contributed by atoms with van der Waals surface area (Å²) in [7, 11) is 0. The van der Waals surface area contributed by atoms with E-state index in [1.165, 1.54) is 25.7 Å². The van der Waals surface area contributed by atoms with Gasteiger partial charge in [-0.05, 0) is 12.8 Å². The van der Waals surface area contributed by atoms with Gasteiger partial charge in [0.2, 0.25) is 0 Å². The van der Waals surface area contributed by atoms with Gasteiger partial charge in [0.05, 0.1) is 4.83 Å². The Kier molecular flexibility index (Phi) is 10.1. The van der Waals surface area contributed by atoms with Crippen LogP contribution in [0, 0.1) is 0 Å². The lowest BCUT2D eigenvalue weighted by atomic mass is 10.1. The minimum Gasteiger partial charge on any atom is -0.367 e. The SMILES string of the molecule is OC(O)C(Br)CCCCCCCBr. The molecule has 1 atom stereocenters. The van der Waals surface area contributed by atoms with Gasteiger partial charge in [-0.15, -0.1) is 0 Å². The first-order chi connectivity index (χ1) is 6.18. The molecule has 13 heavy (non-hydrogen) atoms. The summed E-state index contributed by atoms with van der Waals surface area (Å²) in [6.45, 7) is 0. The van der Waals surface area contributed by atoms with E-state index >= 15 is 0 Å². The predicted molar refractivity (Wildman–Crippen MR) is 62.4 cm³/mol. The zero-order valence-corrected chi connectivity index (χ0v) is 10.9. The number of hydrogen-bond donors (Lipinski definition) is 2. The molecule has 80 valence electrons. The number of halogens is 2. The average Bonchev–Trinajstić information content (AvgIpc) is 2.10. The highest BCUT2D eigenvalue weighted by molar-refractivity contribution is 9.09. The fourth-order valence-corrected chi connectivity index (χ4v) is 1.83. The molecule has 0 aliphatic heterocycles. The Hall–Kier alpha value is 0.880. The topological polar surface area (TPSA) is 40.5 Å². The lowest BCUT2D eigenvalue weighted by Gasteiger charge is -2.10. The highest BCUT2D eigenvalue weighted by Crippen LogP contribution is 2.14. The van der Waals surface area contributed by atoms with Crippen LogP contribution in [0.4, 0.5) is 0 Å². The molecule has 0 saturated carbocycles. The van der Waals surface area contributed by atoms with Crippen molar-refractivity contribution in [2.45, 2.75) is 49.6 Å². The molecule has 0 heterocycles. The minimum absolute atomic E-state index is 0.163. The van der Waals surface area contributed by atoms with Crippen molar-refractivity contribution in [3.05, 3.63) is 0 Å². The van der Waals surface area contributed by atoms with Gasteiger partial charge >= 0.3 is 0 Å². The van der Waals surface area contributed by atoms with Crippen molar-refractivity contribution in [1.29, 1.82) is 0 Å². The van der Waals surface area contributed by atoms with Crippen LogP contribution in [-0.2, 0) is 0 Å². The van der Waals surface area contributed by atoms with E-state index < -0.39 is 6.29 Å². The highest BCUT2D eigenvalue weighted by Gasteiger charge is 2.10. The smallest absolute Gasteiger partial charge is 0.164 e. The van der Waals surface area contributed by atoms with Crippen molar-refractivity contribution in [1.82, 2.24) is 0 Å². The van der Waals surface area contributed by atoms with Crippen LogP contribution in [0.1, 0.15) is 38.5 Å². The van der Waals surface area contributed by atoms with Crippen molar-refractivity contribution in [2.24, 2.45) is 0 Å². The zero-order valence-electron chi connectivity index (χ0n) is 7.75. The molecule has 0 aliphatic rings. The van der Waals surface area contributed by atoms with Gasteiger partial charge in [0.1, 0.15) is 0 Å². The van der Waals surface area contributed by atoms with Gasteiger partial charge in [-0.3, -0.25) is 0 Å². The second-order valence-electron chi connectivity index (χ2n) is 3.18. The first-order valence-electron chi connectivity index (χ1n) is 4.74. The van der Waals surface area contributed by atoms with Gasteiger partial charge in [-0.25, -0.2) is 0 Å². The number of unbranched alkanes of at least 4 members (excludes halogenated alkanes) is 4. The second-order valence-corrected chi connectivity index (χ2v) is 5.14. The van der Waals surface area contributed by atoms with E-state index in [4.69, 9.17) is 10.2 Å². The predicted octanol–water partition coefficient (Wildman–Crippen LogP) is 2.80. The molecule has 0 fully saturated rings. The lowest BCUT2D eigenvalue weighted by Crippen LogP contribution is -2.18. The zero-order chi connectivity index (χ0) is 10.1. The van der Waals surface area contributed by atoms with Crippen molar-refractivity contribution >= 4 is 31.9 Å². The van der Waals surface area contributed by atoms with E-state index in [0.29, 0.717) is 0 Å². The maximum Gasteiger partial charge on any atom is 0.164 e. The Morgan fingerprint density at radius 2 is 1.46 bits per heavy atom. The van der Waals surface area contributed by atoms with Gasteiger partial charge in [0, 0.05) is 5.33 Å². The fourth-order valence-electron chi connectivity index (χ4n) is 1.11. The molecule has 0 radical (unpaired) electrons. The van der Waals surface area contributed by atoms with Gasteiger partial charge < -0.3 is 10.2 Å². The second kappa shape index (κ2) is 9.44. The summed E-state index contributed by atoms with van der Waals surface area (Å²) in [5.74, 6) is 0. The Morgan fingerprint density at radius 3 is 2.00 bits per heavy atom. The molecule has 0 aromatic carbocycles. The Labute approximate surface area is 97.0 Å². The van der Waals surface area contributed by atoms with E-state index in [1.807, 2.05) is 0 Å². The van der Waals surface area contributed by atoms with Crippen LogP contribution in [-0.4, -0.2) is 26.7 Å². The molecule has 0 rings (SSSR count). The molecule has 4 heteroatoms. The molecule has 0 aliphatic carbocycles. The third kappa shape index (κ3) is 9.19. The maximum absolute atomic E-state index is 8.76. The summed E-state index contributed by atoms with van der Waals surface area (Å²) < 4.78 is 0. The van der Waals surface area contributed by atoms with E-state index in [0.717, 1.165) is 18.2 Å². The normalized spacial score (nSPS) is 13.6. The Morgan fingerprint density at radius 1 is 0.923 bits per heavy atom. The molecule has 2 N–H and O–H groups in total. The third-order valence-electron chi connectivity index (χ3n) is 1.94. The van der Waals surface area contributed by atoms with E-state index in [1.54, 1.807) is 0 Å². The van der Waals surface area contributed by atoms with Crippen LogP contribution in [0.25, 0.3) is 0 Å². The molecular formula is C9H18Br2O2. The van der Waals surface area contributed by atoms with Crippen molar-refractivity contribution in [3.8, 4) is 0 Å². The molecule has 1 unspecified atom stereocenters.